The van der Waals surface area contributed by atoms with Gasteiger partial charge in [-0.05, 0) is 24.1 Å². The van der Waals surface area contributed by atoms with Crippen molar-refractivity contribution < 1.29 is 22.6 Å². The molecule has 138 valence electrons. The molecule has 1 saturated heterocycles. The van der Waals surface area contributed by atoms with E-state index in [0.29, 0.717) is 12.2 Å². The first kappa shape index (κ1) is 18.1. The number of hydrogen-bond acceptors (Lipinski definition) is 6. The van der Waals surface area contributed by atoms with E-state index >= 15 is 0 Å². The predicted octanol–water partition coefficient (Wildman–Crippen LogP) is 1.95. The topological polar surface area (TPSA) is 111 Å². The van der Waals surface area contributed by atoms with Gasteiger partial charge in [-0.15, -0.1) is 0 Å². The second-order valence-corrected chi connectivity index (χ2v) is 8.51. The third-order valence-electron chi connectivity index (χ3n) is 4.41. The number of benzene rings is 1. The van der Waals surface area contributed by atoms with E-state index in [2.05, 4.69) is 0 Å². The summed E-state index contributed by atoms with van der Waals surface area (Å²) in [7, 11) is -3.34. The maximum absolute atomic E-state index is 12.3. The fourth-order valence-corrected chi connectivity index (χ4v) is 4.38. The van der Waals surface area contributed by atoms with Gasteiger partial charge in [0, 0.05) is 31.6 Å². The number of nitro benzene ring substituents is 1. The highest BCUT2D eigenvalue weighted by Crippen LogP contribution is 2.22. The highest BCUT2D eigenvalue weighted by Gasteiger charge is 2.39. The minimum atomic E-state index is -3.34. The van der Waals surface area contributed by atoms with Crippen molar-refractivity contribution in [2.24, 2.45) is 0 Å². The number of carbonyl (C=O) groups is 1. The molecule has 26 heavy (non-hydrogen) atoms. The molecule has 2 heterocycles. The van der Waals surface area contributed by atoms with E-state index < -0.39 is 20.0 Å². The van der Waals surface area contributed by atoms with Crippen LogP contribution in [0.2, 0.25) is 0 Å². The number of nitro groups is 1. The molecule has 1 amide bonds. The molecule has 0 atom stereocenters. The number of sulfone groups is 1. The van der Waals surface area contributed by atoms with E-state index in [9.17, 15) is 23.3 Å². The van der Waals surface area contributed by atoms with Gasteiger partial charge in [0.1, 0.15) is 11.5 Å². The van der Waals surface area contributed by atoms with E-state index in [1.165, 1.54) is 23.3 Å². The zero-order chi connectivity index (χ0) is 18.7. The van der Waals surface area contributed by atoms with Crippen molar-refractivity contribution in [1.29, 1.82) is 0 Å². The van der Waals surface area contributed by atoms with Crippen molar-refractivity contribution in [3.8, 4) is 0 Å². The smallest absolute Gasteiger partial charge is 0.269 e. The van der Waals surface area contributed by atoms with Crippen LogP contribution in [0.15, 0.2) is 47.1 Å². The van der Waals surface area contributed by atoms with Gasteiger partial charge in [0.2, 0.25) is 5.91 Å². The Bertz CT molecular complexity index is 884. The molecule has 0 saturated carbocycles. The Morgan fingerprint density at radius 2 is 1.92 bits per heavy atom. The van der Waals surface area contributed by atoms with Crippen LogP contribution >= 0.6 is 0 Å². The summed E-state index contributed by atoms with van der Waals surface area (Å²) in [6.07, 6.45) is 2.12. The SMILES string of the molecule is O=C(CCc1ccc([N+](=O)[O-])cc1)N1CC(S(=O)(=O)Cc2ccco2)C1. The number of carbonyl (C=O) groups excluding carboxylic acids is 1. The Morgan fingerprint density at radius 3 is 2.50 bits per heavy atom. The average molecular weight is 378 g/mol. The molecule has 1 aliphatic heterocycles. The number of likely N-dealkylation sites (tertiary alicyclic amines) is 1. The fraction of sp³-hybridized carbons (Fsp3) is 0.353. The van der Waals surface area contributed by atoms with Gasteiger partial charge in [-0.3, -0.25) is 14.9 Å². The molecule has 2 aromatic rings. The lowest BCUT2D eigenvalue weighted by Crippen LogP contribution is -2.57. The van der Waals surface area contributed by atoms with Gasteiger partial charge in [-0.25, -0.2) is 8.42 Å². The number of aryl methyl sites for hydroxylation is 1. The second kappa shape index (κ2) is 7.28. The molecule has 9 heteroatoms. The molecule has 1 aromatic carbocycles. The summed E-state index contributed by atoms with van der Waals surface area (Å²) in [5.41, 5.74) is 0.832. The second-order valence-electron chi connectivity index (χ2n) is 6.23. The van der Waals surface area contributed by atoms with Crippen LogP contribution in [0.4, 0.5) is 5.69 Å². The quantitative estimate of drug-likeness (QED) is 0.538. The van der Waals surface area contributed by atoms with Crippen LogP contribution in [0.5, 0.6) is 0 Å². The number of nitrogens with zero attached hydrogens (tertiary/aromatic N) is 2. The largest absolute Gasteiger partial charge is 0.468 e. The summed E-state index contributed by atoms with van der Waals surface area (Å²) in [4.78, 5) is 23.8. The third-order valence-corrected chi connectivity index (χ3v) is 6.41. The highest BCUT2D eigenvalue weighted by atomic mass is 32.2. The zero-order valence-electron chi connectivity index (χ0n) is 13.9. The molecule has 8 nitrogen and oxygen atoms in total. The van der Waals surface area contributed by atoms with Crippen LogP contribution in [-0.2, 0) is 26.8 Å². The lowest BCUT2D eigenvalue weighted by atomic mass is 10.1. The summed E-state index contributed by atoms with van der Waals surface area (Å²) >= 11 is 0. The van der Waals surface area contributed by atoms with Crippen LogP contribution in [0.25, 0.3) is 0 Å². The van der Waals surface area contributed by atoms with E-state index in [1.807, 2.05) is 0 Å². The molecular formula is C17H18N2O6S. The first-order chi connectivity index (χ1) is 12.3. The minimum Gasteiger partial charge on any atom is -0.468 e. The lowest BCUT2D eigenvalue weighted by Gasteiger charge is -2.38. The van der Waals surface area contributed by atoms with Gasteiger partial charge in [0.15, 0.2) is 9.84 Å². The van der Waals surface area contributed by atoms with Gasteiger partial charge < -0.3 is 9.32 Å². The van der Waals surface area contributed by atoms with E-state index in [-0.39, 0.29) is 36.9 Å². The summed E-state index contributed by atoms with van der Waals surface area (Å²) in [5.74, 6) is 0.121. The number of hydrogen-bond donors (Lipinski definition) is 0. The van der Waals surface area contributed by atoms with Crippen molar-refractivity contribution in [2.45, 2.75) is 23.8 Å². The summed E-state index contributed by atoms with van der Waals surface area (Å²) in [6.45, 7) is 0.393. The normalized spacial score (nSPS) is 14.8. The molecule has 0 N–H and O–H groups in total. The van der Waals surface area contributed by atoms with Gasteiger partial charge >= 0.3 is 0 Å². The Labute approximate surface area is 150 Å². The number of amides is 1. The first-order valence-corrected chi connectivity index (χ1v) is 9.82. The van der Waals surface area contributed by atoms with Crippen molar-refractivity contribution in [3.63, 3.8) is 0 Å². The Balaban J connectivity index is 1.46. The molecule has 0 aliphatic carbocycles. The number of furan rings is 1. The van der Waals surface area contributed by atoms with Crippen LogP contribution in [0.1, 0.15) is 17.7 Å². The number of rotatable bonds is 7. The Kier molecular flexibility index (Phi) is 5.08. The molecule has 1 aliphatic rings. The maximum Gasteiger partial charge on any atom is 0.269 e. The van der Waals surface area contributed by atoms with E-state index in [1.54, 1.807) is 24.3 Å². The van der Waals surface area contributed by atoms with E-state index in [4.69, 9.17) is 4.42 Å². The van der Waals surface area contributed by atoms with Gasteiger partial charge in [-0.1, -0.05) is 12.1 Å². The fourth-order valence-electron chi connectivity index (χ4n) is 2.77. The standard InChI is InChI=1S/C17H18N2O6S/c20-17(8-5-13-3-6-14(7-4-13)19(21)22)18-10-16(11-18)26(23,24)12-15-2-1-9-25-15/h1-4,6-7,9,16H,5,8,10-12H2. The summed E-state index contributed by atoms with van der Waals surface area (Å²) in [6, 6.07) is 9.31. The summed E-state index contributed by atoms with van der Waals surface area (Å²) < 4.78 is 29.6. The average Bonchev–Trinajstić information content (AvgIpc) is 3.03. The van der Waals surface area contributed by atoms with Gasteiger partial charge in [-0.2, -0.15) is 0 Å². The predicted molar refractivity (Wildman–Crippen MR) is 93.1 cm³/mol. The number of non-ortho nitro benzene ring substituents is 1. The Hall–Kier alpha value is -2.68. The monoisotopic (exact) mass is 378 g/mol. The summed E-state index contributed by atoms with van der Waals surface area (Å²) in [5, 5.41) is 10.1. The van der Waals surface area contributed by atoms with Gasteiger partial charge in [0.05, 0.1) is 16.4 Å². The molecule has 0 radical (unpaired) electrons. The molecule has 0 bridgehead atoms. The maximum atomic E-state index is 12.3. The molecular weight excluding hydrogens is 360 g/mol. The molecule has 1 fully saturated rings. The van der Waals surface area contributed by atoms with Crippen molar-refractivity contribution >= 4 is 21.4 Å². The molecule has 3 rings (SSSR count). The minimum absolute atomic E-state index is 0.00687. The van der Waals surface area contributed by atoms with Crippen LogP contribution in [0.3, 0.4) is 0 Å². The zero-order valence-corrected chi connectivity index (χ0v) is 14.7. The van der Waals surface area contributed by atoms with Crippen LogP contribution < -0.4 is 0 Å². The first-order valence-electron chi connectivity index (χ1n) is 8.10. The molecule has 0 spiro atoms. The van der Waals surface area contributed by atoms with E-state index in [0.717, 1.165) is 5.56 Å². The van der Waals surface area contributed by atoms with Crippen LogP contribution in [-0.4, -0.2) is 42.5 Å². The highest BCUT2D eigenvalue weighted by molar-refractivity contribution is 7.91. The lowest BCUT2D eigenvalue weighted by molar-refractivity contribution is -0.384. The van der Waals surface area contributed by atoms with Crippen LogP contribution in [0, 0.1) is 10.1 Å². The van der Waals surface area contributed by atoms with Gasteiger partial charge in [0.25, 0.3) is 5.69 Å². The van der Waals surface area contributed by atoms with Crippen molar-refractivity contribution in [1.82, 2.24) is 4.90 Å². The van der Waals surface area contributed by atoms with Crippen molar-refractivity contribution in [2.75, 3.05) is 13.1 Å². The van der Waals surface area contributed by atoms with Crippen molar-refractivity contribution in [3.05, 3.63) is 64.1 Å². The third kappa shape index (κ3) is 4.10. The molecule has 0 unspecified atom stereocenters. The Morgan fingerprint density at radius 1 is 1.23 bits per heavy atom. The molecule has 1 aromatic heterocycles.